The number of carbonyl (C=O) groups is 1. The fourth-order valence-corrected chi connectivity index (χ4v) is 5.39. The second kappa shape index (κ2) is 11.4. The van der Waals surface area contributed by atoms with Crippen molar-refractivity contribution in [1.82, 2.24) is 4.57 Å². The molecule has 0 bridgehead atoms. The predicted molar refractivity (Wildman–Crippen MR) is 145 cm³/mol. The van der Waals surface area contributed by atoms with Gasteiger partial charge in [0.2, 0.25) is 0 Å². The van der Waals surface area contributed by atoms with Crippen molar-refractivity contribution in [2.24, 2.45) is 4.99 Å². The van der Waals surface area contributed by atoms with Crippen LogP contribution in [-0.2, 0) is 9.53 Å². The zero-order valence-electron chi connectivity index (χ0n) is 21.4. The Labute approximate surface area is 224 Å². The molecular weight excluding hydrogens is 512 g/mol. The number of thiazole rings is 1. The summed E-state index contributed by atoms with van der Waals surface area (Å²) in [5.74, 6) is 0.699. The van der Waals surface area contributed by atoms with Crippen molar-refractivity contribution < 1.29 is 19.0 Å². The van der Waals surface area contributed by atoms with Crippen LogP contribution in [0.1, 0.15) is 51.3 Å². The van der Waals surface area contributed by atoms with Gasteiger partial charge in [0.25, 0.3) is 5.56 Å². The highest BCUT2D eigenvalue weighted by molar-refractivity contribution is 7.07. The molecule has 1 aliphatic heterocycles. The Morgan fingerprint density at radius 1 is 1.22 bits per heavy atom. The first kappa shape index (κ1) is 26.7. The predicted octanol–water partition coefficient (Wildman–Crippen LogP) is 4.64. The molecule has 2 atom stereocenters. The Morgan fingerprint density at radius 3 is 2.65 bits per heavy atom. The maximum Gasteiger partial charge on any atom is 0.338 e. The minimum Gasteiger partial charge on any atom is -0.493 e. The van der Waals surface area contributed by atoms with Crippen molar-refractivity contribution in [2.75, 3.05) is 13.7 Å². The molecule has 0 radical (unpaired) electrons. The lowest BCUT2D eigenvalue weighted by Crippen LogP contribution is -2.40. The van der Waals surface area contributed by atoms with Gasteiger partial charge in [0.1, 0.15) is 6.04 Å². The second-order valence-corrected chi connectivity index (χ2v) is 9.99. The molecule has 4 rings (SSSR count). The topological polar surface area (TPSA) is 79.1 Å². The number of ether oxygens (including phenoxy) is 3. The first-order valence-corrected chi connectivity index (χ1v) is 13.3. The van der Waals surface area contributed by atoms with Crippen LogP contribution in [0.15, 0.2) is 63.5 Å². The van der Waals surface area contributed by atoms with E-state index in [0.29, 0.717) is 42.7 Å². The number of fused-ring (bicyclic) bond motifs is 1. The van der Waals surface area contributed by atoms with Gasteiger partial charge in [-0.05, 0) is 62.6 Å². The summed E-state index contributed by atoms with van der Waals surface area (Å²) in [4.78, 5) is 31.8. The van der Waals surface area contributed by atoms with E-state index < -0.39 is 12.0 Å². The van der Waals surface area contributed by atoms with Crippen molar-refractivity contribution in [3.63, 3.8) is 0 Å². The van der Waals surface area contributed by atoms with Crippen molar-refractivity contribution >= 4 is 35.0 Å². The Morgan fingerprint density at radius 2 is 1.97 bits per heavy atom. The molecule has 0 amide bonds. The molecule has 2 aromatic carbocycles. The van der Waals surface area contributed by atoms with Crippen LogP contribution in [0.5, 0.6) is 11.5 Å². The van der Waals surface area contributed by atoms with E-state index in [2.05, 4.69) is 11.9 Å². The van der Waals surface area contributed by atoms with Crippen LogP contribution in [0, 0.1) is 0 Å². The van der Waals surface area contributed by atoms with E-state index in [0.717, 1.165) is 12.0 Å². The number of nitrogens with zero attached hydrogens (tertiary/aromatic N) is 2. The molecular formula is C28H29ClN2O5S. The molecule has 9 heteroatoms. The Hall–Kier alpha value is -3.36. The highest BCUT2D eigenvalue weighted by Crippen LogP contribution is 2.34. The molecule has 0 unspecified atom stereocenters. The summed E-state index contributed by atoms with van der Waals surface area (Å²) in [5, 5.41) is 0.445. The summed E-state index contributed by atoms with van der Waals surface area (Å²) in [6, 6.07) is 12.0. The average molecular weight is 541 g/mol. The lowest BCUT2D eigenvalue weighted by atomic mass is 9.96. The van der Waals surface area contributed by atoms with Gasteiger partial charge < -0.3 is 14.2 Å². The maximum atomic E-state index is 13.8. The van der Waals surface area contributed by atoms with E-state index in [1.165, 1.54) is 15.9 Å². The normalized spacial score (nSPS) is 16.2. The van der Waals surface area contributed by atoms with Crippen LogP contribution in [0.4, 0.5) is 0 Å². The zero-order valence-corrected chi connectivity index (χ0v) is 23.0. The van der Waals surface area contributed by atoms with Crippen LogP contribution in [0.2, 0.25) is 5.02 Å². The maximum absolute atomic E-state index is 13.8. The van der Waals surface area contributed by atoms with Crippen LogP contribution < -0.4 is 24.4 Å². The van der Waals surface area contributed by atoms with Gasteiger partial charge >= 0.3 is 5.97 Å². The van der Waals surface area contributed by atoms with Gasteiger partial charge in [0, 0.05) is 5.02 Å². The van der Waals surface area contributed by atoms with E-state index in [-0.39, 0.29) is 18.3 Å². The minimum absolute atomic E-state index is 0.0464. The number of methoxy groups -OCH3 is 1. The molecule has 0 aliphatic carbocycles. The van der Waals surface area contributed by atoms with Gasteiger partial charge in [-0.1, -0.05) is 54.1 Å². The third kappa shape index (κ3) is 5.36. The number of aromatic nitrogens is 1. The van der Waals surface area contributed by atoms with Crippen LogP contribution in [-0.4, -0.2) is 30.4 Å². The molecule has 2 heterocycles. The molecule has 7 nitrogen and oxygen atoms in total. The second-order valence-electron chi connectivity index (χ2n) is 8.57. The van der Waals surface area contributed by atoms with Crippen molar-refractivity contribution in [3.8, 4) is 11.5 Å². The lowest BCUT2D eigenvalue weighted by Gasteiger charge is -2.25. The summed E-state index contributed by atoms with van der Waals surface area (Å²) in [6.07, 6.45) is 2.70. The summed E-state index contributed by atoms with van der Waals surface area (Å²) in [5.41, 5.74) is 1.91. The first-order valence-electron chi connectivity index (χ1n) is 12.1. The standard InChI is InChI=1S/C28H29ClN2O5S/c1-6-16(3)36-21-13-12-18(14-22(21)34-5)15-23-26(32)31-25(19-10-8-9-11-20(19)29)24(27(33)35-7-2)17(4)30-28(31)37-23/h8-16,25H,6-7H2,1-5H3/b23-15+/t16-,25+/m1/s1. The highest BCUT2D eigenvalue weighted by atomic mass is 35.5. The minimum atomic E-state index is -0.757. The smallest absolute Gasteiger partial charge is 0.338 e. The number of allylic oxidation sites excluding steroid dienone is 1. The monoisotopic (exact) mass is 540 g/mol. The first-order chi connectivity index (χ1) is 17.8. The van der Waals surface area contributed by atoms with E-state index in [1.807, 2.05) is 37.3 Å². The quantitative estimate of drug-likeness (QED) is 0.389. The largest absolute Gasteiger partial charge is 0.493 e. The summed E-state index contributed by atoms with van der Waals surface area (Å²) < 4.78 is 18.8. The van der Waals surface area contributed by atoms with Gasteiger partial charge in [0.05, 0.1) is 35.6 Å². The molecule has 0 saturated carbocycles. The SMILES string of the molecule is CCOC(=O)C1=C(C)N=c2s/c(=C/c3ccc(O[C@H](C)CC)c(OC)c3)c(=O)n2[C@H]1c1ccccc1Cl. The fraction of sp³-hybridized carbons (Fsp3) is 0.321. The third-order valence-corrected chi connectivity index (χ3v) is 7.43. The number of benzene rings is 2. The Kier molecular flexibility index (Phi) is 8.19. The zero-order chi connectivity index (χ0) is 26.7. The van der Waals surface area contributed by atoms with Crippen LogP contribution >= 0.6 is 22.9 Å². The van der Waals surface area contributed by atoms with E-state index in [4.69, 9.17) is 25.8 Å². The molecule has 194 valence electrons. The van der Waals surface area contributed by atoms with Gasteiger partial charge in [0.15, 0.2) is 16.3 Å². The molecule has 1 aromatic heterocycles. The molecule has 0 N–H and O–H groups in total. The molecule has 1 aliphatic rings. The molecule has 37 heavy (non-hydrogen) atoms. The number of carbonyl (C=O) groups excluding carboxylic acids is 1. The number of esters is 1. The number of rotatable bonds is 8. The summed E-state index contributed by atoms with van der Waals surface area (Å²) in [6.45, 7) is 7.73. The van der Waals surface area contributed by atoms with Crippen molar-refractivity contribution in [2.45, 2.75) is 46.3 Å². The van der Waals surface area contributed by atoms with E-state index >= 15 is 0 Å². The van der Waals surface area contributed by atoms with Crippen LogP contribution in [0.25, 0.3) is 6.08 Å². The number of halogens is 1. The fourth-order valence-electron chi connectivity index (χ4n) is 4.11. The van der Waals surface area contributed by atoms with Crippen molar-refractivity contribution in [3.05, 3.63) is 89.6 Å². The Bertz CT molecular complexity index is 1540. The average Bonchev–Trinajstić information content (AvgIpc) is 3.18. The van der Waals surface area contributed by atoms with E-state index in [9.17, 15) is 9.59 Å². The third-order valence-electron chi connectivity index (χ3n) is 6.11. The highest BCUT2D eigenvalue weighted by Gasteiger charge is 2.34. The molecule has 3 aromatic rings. The molecule has 0 saturated heterocycles. The van der Waals surface area contributed by atoms with Gasteiger partial charge in [-0.25, -0.2) is 9.79 Å². The summed E-state index contributed by atoms with van der Waals surface area (Å²) in [7, 11) is 1.58. The van der Waals surface area contributed by atoms with E-state index in [1.54, 1.807) is 39.2 Å². The number of hydrogen-bond donors (Lipinski definition) is 0. The van der Waals surface area contributed by atoms with Crippen LogP contribution in [0.3, 0.4) is 0 Å². The molecule has 0 fully saturated rings. The number of hydrogen-bond acceptors (Lipinski definition) is 7. The summed E-state index contributed by atoms with van der Waals surface area (Å²) >= 11 is 7.80. The lowest BCUT2D eigenvalue weighted by molar-refractivity contribution is -0.139. The molecule has 0 spiro atoms. The Balaban J connectivity index is 1.87. The van der Waals surface area contributed by atoms with Gasteiger partial charge in [-0.15, -0.1) is 0 Å². The van der Waals surface area contributed by atoms with Gasteiger partial charge in [-0.3, -0.25) is 9.36 Å². The van der Waals surface area contributed by atoms with Gasteiger partial charge in [-0.2, -0.15) is 0 Å². The van der Waals surface area contributed by atoms with Crippen molar-refractivity contribution in [1.29, 1.82) is 0 Å².